The van der Waals surface area contributed by atoms with Gasteiger partial charge in [0.1, 0.15) is 0 Å². The van der Waals surface area contributed by atoms with Crippen LogP contribution >= 0.6 is 0 Å². The van der Waals surface area contributed by atoms with Crippen molar-refractivity contribution in [2.75, 3.05) is 13.1 Å². The van der Waals surface area contributed by atoms with Gasteiger partial charge in [0.05, 0.1) is 0 Å². The largest absolute Gasteiger partial charge is 0.300 e. The van der Waals surface area contributed by atoms with Crippen molar-refractivity contribution in [2.45, 2.75) is 53.5 Å². The molecule has 0 aromatic rings. The number of hydrogen-bond acceptors (Lipinski definition) is 1. The standard InChI is InChI=1S/C11H25N/c1-6-8-12(9-7-2)11(5)10(3)4/h10-11H,6-9H2,1-5H3. The molecular weight excluding hydrogens is 146 g/mol. The molecule has 0 saturated heterocycles. The van der Waals surface area contributed by atoms with E-state index in [0.717, 1.165) is 12.0 Å². The van der Waals surface area contributed by atoms with E-state index in [4.69, 9.17) is 0 Å². The Kier molecular flexibility index (Phi) is 6.45. The van der Waals surface area contributed by atoms with Crippen molar-refractivity contribution in [1.82, 2.24) is 4.90 Å². The van der Waals surface area contributed by atoms with E-state index in [9.17, 15) is 0 Å². The van der Waals surface area contributed by atoms with Crippen LogP contribution in [0.15, 0.2) is 0 Å². The molecule has 1 nitrogen and oxygen atoms in total. The molecule has 1 atom stereocenters. The zero-order valence-electron chi connectivity index (χ0n) is 9.43. The van der Waals surface area contributed by atoms with Crippen LogP contribution in [0.3, 0.4) is 0 Å². The van der Waals surface area contributed by atoms with Crippen LogP contribution in [0.25, 0.3) is 0 Å². The van der Waals surface area contributed by atoms with Crippen LogP contribution in [0.1, 0.15) is 47.5 Å². The second-order valence-electron chi connectivity index (χ2n) is 4.02. The molecule has 0 aromatic heterocycles. The van der Waals surface area contributed by atoms with Crippen LogP contribution in [-0.2, 0) is 0 Å². The molecule has 0 rings (SSSR count). The van der Waals surface area contributed by atoms with Crippen molar-refractivity contribution < 1.29 is 0 Å². The van der Waals surface area contributed by atoms with Gasteiger partial charge in [-0.1, -0.05) is 27.7 Å². The van der Waals surface area contributed by atoms with Crippen LogP contribution in [0.5, 0.6) is 0 Å². The van der Waals surface area contributed by atoms with E-state index in [0.29, 0.717) is 0 Å². The average molecular weight is 171 g/mol. The van der Waals surface area contributed by atoms with Gasteiger partial charge in [0, 0.05) is 6.04 Å². The van der Waals surface area contributed by atoms with Gasteiger partial charge in [-0.25, -0.2) is 0 Å². The second-order valence-corrected chi connectivity index (χ2v) is 4.02. The Labute approximate surface area is 78.1 Å². The monoisotopic (exact) mass is 171 g/mol. The minimum Gasteiger partial charge on any atom is -0.300 e. The molecule has 0 aliphatic heterocycles. The molecule has 0 amide bonds. The molecule has 0 N–H and O–H groups in total. The second kappa shape index (κ2) is 6.47. The minimum atomic E-state index is 0.741. The highest BCUT2D eigenvalue weighted by Gasteiger charge is 2.14. The van der Waals surface area contributed by atoms with Gasteiger partial charge in [-0.05, 0) is 38.8 Å². The predicted octanol–water partition coefficient (Wildman–Crippen LogP) is 3.15. The fourth-order valence-electron chi connectivity index (χ4n) is 1.52. The van der Waals surface area contributed by atoms with Crippen molar-refractivity contribution in [3.63, 3.8) is 0 Å². The Morgan fingerprint density at radius 1 is 0.917 bits per heavy atom. The van der Waals surface area contributed by atoms with Gasteiger partial charge in [-0.3, -0.25) is 0 Å². The van der Waals surface area contributed by atoms with Crippen molar-refractivity contribution in [1.29, 1.82) is 0 Å². The van der Waals surface area contributed by atoms with Gasteiger partial charge in [0.15, 0.2) is 0 Å². The van der Waals surface area contributed by atoms with Gasteiger partial charge < -0.3 is 4.90 Å². The zero-order chi connectivity index (χ0) is 9.56. The highest BCUT2D eigenvalue weighted by molar-refractivity contribution is 4.69. The van der Waals surface area contributed by atoms with Crippen molar-refractivity contribution in [3.8, 4) is 0 Å². The molecule has 0 aliphatic rings. The lowest BCUT2D eigenvalue weighted by Gasteiger charge is -2.31. The van der Waals surface area contributed by atoms with E-state index in [2.05, 4.69) is 39.5 Å². The summed E-state index contributed by atoms with van der Waals surface area (Å²) < 4.78 is 0. The van der Waals surface area contributed by atoms with Crippen molar-refractivity contribution >= 4 is 0 Å². The summed E-state index contributed by atoms with van der Waals surface area (Å²) in [5.74, 6) is 0.781. The quantitative estimate of drug-likeness (QED) is 0.593. The fraction of sp³-hybridized carbons (Fsp3) is 1.00. The molecule has 12 heavy (non-hydrogen) atoms. The smallest absolute Gasteiger partial charge is 0.00899 e. The first-order valence-electron chi connectivity index (χ1n) is 5.37. The summed E-state index contributed by atoms with van der Waals surface area (Å²) >= 11 is 0. The molecule has 0 saturated carbocycles. The maximum absolute atomic E-state index is 2.60. The SMILES string of the molecule is CCCN(CCC)C(C)C(C)C. The third kappa shape index (κ3) is 4.10. The Hall–Kier alpha value is -0.0400. The minimum absolute atomic E-state index is 0.741. The van der Waals surface area contributed by atoms with E-state index >= 15 is 0 Å². The average Bonchev–Trinajstić information content (AvgIpc) is 2.03. The Morgan fingerprint density at radius 2 is 1.33 bits per heavy atom. The van der Waals surface area contributed by atoms with Crippen molar-refractivity contribution in [2.24, 2.45) is 5.92 Å². The van der Waals surface area contributed by atoms with Gasteiger partial charge in [-0.15, -0.1) is 0 Å². The molecular formula is C11H25N. The molecule has 0 heterocycles. The van der Waals surface area contributed by atoms with Gasteiger partial charge >= 0.3 is 0 Å². The summed E-state index contributed by atoms with van der Waals surface area (Å²) in [6, 6.07) is 0.741. The molecule has 74 valence electrons. The molecule has 1 heteroatoms. The highest BCUT2D eigenvalue weighted by Crippen LogP contribution is 2.10. The van der Waals surface area contributed by atoms with Crippen molar-refractivity contribution in [3.05, 3.63) is 0 Å². The van der Waals surface area contributed by atoms with Crippen LogP contribution in [-0.4, -0.2) is 24.0 Å². The number of hydrogen-bond donors (Lipinski definition) is 0. The molecule has 0 bridgehead atoms. The fourth-order valence-corrected chi connectivity index (χ4v) is 1.52. The summed E-state index contributed by atoms with van der Waals surface area (Å²) in [6.45, 7) is 14.0. The van der Waals surface area contributed by atoms with E-state index in [1.165, 1.54) is 25.9 Å². The first kappa shape index (κ1) is 12.0. The van der Waals surface area contributed by atoms with E-state index < -0.39 is 0 Å². The molecule has 0 aromatic carbocycles. The first-order chi connectivity index (χ1) is 5.63. The zero-order valence-corrected chi connectivity index (χ0v) is 9.43. The summed E-state index contributed by atoms with van der Waals surface area (Å²) in [4.78, 5) is 2.60. The lowest BCUT2D eigenvalue weighted by molar-refractivity contribution is 0.169. The third-order valence-corrected chi connectivity index (χ3v) is 2.56. The summed E-state index contributed by atoms with van der Waals surface area (Å²) in [5.41, 5.74) is 0. The van der Waals surface area contributed by atoms with Crippen LogP contribution in [0.4, 0.5) is 0 Å². The molecule has 0 fully saturated rings. The maximum Gasteiger partial charge on any atom is 0.00899 e. The molecule has 0 aliphatic carbocycles. The van der Waals surface area contributed by atoms with Crippen LogP contribution in [0.2, 0.25) is 0 Å². The normalized spacial score (nSPS) is 14.2. The van der Waals surface area contributed by atoms with Gasteiger partial charge in [0.25, 0.3) is 0 Å². The molecule has 1 unspecified atom stereocenters. The molecule has 0 spiro atoms. The summed E-state index contributed by atoms with van der Waals surface area (Å²) in [6.07, 6.45) is 2.55. The number of nitrogens with zero attached hydrogens (tertiary/aromatic N) is 1. The van der Waals surface area contributed by atoms with E-state index in [1.54, 1.807) is 0 Å². The third-order valence-electron chi connectivity index (χ3n) is 2.56. The maximum atomic E-state index is 2.60. The first-order valence-corrected chi connectivity index (χ1v) is 5.37. The van der Waals surface area contributed by atoms with E-state index in [1.807, 2.05) is 0 Å². The van der Waals surface area contributed by atoms with E-state index in [-0.39, 0.29) is 0 Å². The molecule has 0 radical (unpaired) electrons. The van der Waals surface area contributed by atoms with Crippen LogP contribution < -0.4 is 0 Å². The Balaban J connectivity index is 3.89. The lowest BCUT2D eigenvalue weighted by atomic mass is 10.0. The Bertz CT molecular complexity index is 93.2. The van der Waals surface area contributed by atoms with Gasteiger partial charge in [-0.2, -0.15) is 0 Å². The highest BCUT2D eigenvalue weighted by atomic mass is 15.1. The van der Waals surface area contributed by atoms with Gasteiger partial charge in [0.2, 0.25) is 0 Å². The Morgan fingerprint density at radius 3 is 1.58 bits per heavy atom. The predicted molar refractivity (Wildman–Crippen MR) is 56.5 cm³/mol. The summed E-state index contributed by atoms with van der Waals surface area (Å²) in [7, 11) is 0. The van der Waals surface area contributed by atoms with Crippen LogP contribution in [0, 0.1) is 5.92 Å². The number of rotatable bonds is 6. The summed E-state index contributed by atoms with van der Waals surface area (Å²) in [5, 5.41) is 0. The topological polar surface area (TPSA) is 3.24 Å². The lowest BCUT2D eigenvalue weighted by Crippen LogP contribution is -2.37.